The Hall–Kier alpha value is -1.26. The van der Waals surface area contributed by atoms with E-state index < -0.39 is 0 Å². The summed E-state index contributed by atoms with van der Waals surface area (Å²) in [4.78, 5) is 4.51. The van der Waals surface area contributed by atoms with Crippen molar-refractivity contribution in [1.29, 1.82) is 0 Å². The molecule has 19 heavy (non-hydrogen) atoms. The molecule has 1 aromatic carbocycles. The van der Waals surface area contributed by atoms with Crippen molar-refractivity contribution in [3.8, 4) is 0 Å². The van der Waals surface area contributed by atoms with Crippen LogP contribution in [-0.2, 0) is 12.8 Å². The number of aromatic nitrogens is 1. The number of benzene rings is 1. The summed E-state index contributed by atoms with van der Waals surface area (Å²) in [7, 11) is 0. The van der Waals surface area contributed by atoms with Gasteiger partial charge in [-0.1, -0.05) is 19.1 Å². The summed E-state index contributed by atoms with van der Waals surface area (Å²) < 4.78 is 12.9. The number of likely N-dealkylation sites (N-methyl/N-ethyl adjacent to an activating group) is 1. The molecular formula is C15H19FN2S. The first-order valence-electron chi connectivity index (χ1n) is 6.56. The van der Waals surface area contributed by atoms with Gasteiger partial charge in [0.2, 0.25) is 0 Å². The summed E-state index contributed by atoms with van der Waals surface area (Å²) in [5.74, 6) is -0.182. The standard InChI is InChI=1S/C15H19FN2S/c1-3-17-14(9-15-10-19-11(2)18-15)8-12-4-6-13(16)7-5-12/h4-7,10,14,17H,3,8-9H2,1-2H3. The Bertz CT molecular complexity index is 507. The van der Waals surface area contributed by atoms with Crippen LogP contribution in [0, 0.1) is 12.7 Å². The van der Waals surface area contributed by atoms with Gasteiger partial charge in [-0.3, -0.25) is 0 Å². The van der Waals surface area contributed by atoms with E-state index in [2.05, 4.69) is 22.6 Å². The van der Waals surface area contributed by atoms with Crippen LogP contribution in [0.25, 0.3) is 0 Å². The van der Waals surface area contributed by atoms with Crippen LogP contribution in [0.15, 0.2) is 29.6 Å². The molecule has 0 bridgehead atoms. The molecule has 102 valence electrons. The maximum atomic E-state index is 12.9. The van der Waals surface area contributed by atoms with Crippen molar-refractivity contribution in [3.63, 3.8) is 0 Å². The van der Waals surface area contributed by atoms with Gasteiger partial charge in [0, 0.05) is 17.8 Å². The Morgan fingerprint density at radius 1 is 1.26 bits per heavy atom. The predicted octanol–water partition coefficient (Wildman–Crippen LogP) is 3.35. The average molecular weight is 278 g/mol. The Kier molecular flexibility index (Phi) is 5.05. The molecule has 0 spiro atoms. The highest BCUT2D eigenvalue weighted by molar-refractivity contribution is 7.09. The first-order valence-corrected chi connectivity index (χ1v) is 7.44. The highest BCUT2D eigenvalue weighted by Gasteiger charge is 2.11. The molecule has 0 aliphatic rings. The Balaban J connectivity index is 2.01. The van der Waals surface area contributed by atoms with Gasteiger partial charge in [0.1, 0.15) is 5.82 Å². The Morgan fingerprint density at radius 2 is 2.00 bits per heavy atom. The second-order valence-electron chi connectivity index (χ2n) is 4.65. The summed E-state index contributed by atoms with van der Waals surface area (Å²) in [5.41, 5.74) is 2.29. The third-order valence-electron chi connectivity index (χ3n) is 3.01. The number of thiazole rings is 1. The molecule has 4 heteroatoms. The summed E-state index contributed by atoms with van der Waals surface area (Å²) in [6, 6.07) is 7.09. The third kappa shape index (κ3) is 4.40. The number of rotatable bonds is 6. The number of hydrogen-bond acceptors (Lipinski definition) is 3. The second kappa shape index (κ2) is 6.78. The van der Waals surface area contributed by atoms with Gasteiger partial charge in [-0.2, -0.15) is 0 Å². The lowest BCUT2D eigenvalue weighted by Crippen LogP contribution is -2.33. The fourth-order valence-electron chi connectivity index (χ4n) is 2.16. The highest BCUT2D eigenvalue weighted by atomic mass is 32.1. The van der Waals surface area contributed by atoms with Crippen molar-refractivity contribution in [1.82, 2.24) is 10.3 Å². The van der Waals surface area contributed by atoms with Crippen LogP contribution >= 0.6 is 11.3 Å². The fraction of sp³-hybridized carbons (Fsp3) is 0.400. The number of nitrogens with one attached hydrogen (secondary N) is 1. The van der Waals surface area contributed by atoms with Gasteiger partial charge in [0.15, 0.2) is 0 Å². The summed E-state index contributed by atoms with van der Waals surface area (Å²) in [6.45, 7) is 5.05. The van der Waals surface area contributed by atoms with Gasteiger partial charge in [0.05, 0.1) is 10.7 Å². The highest BCUT2D eigenvalue weighted by Crippen LogP contribution is 2.13. The maximum absolute atomic E-state index is 12.9. The van der Waals surface area contributed by atoms with Gasteiger partial charge in [0.25, 0.3) is 0 Å². The lowest BCUT2D eigenvalue weighted by Gasteiger charge is -2.17. The van der Waals surface area contributed by atoms with Gasteiger partial charge in [-0.25, -0.2) is 9.37 Å². The molecule has 0 aliphatic carbocycles. The lowest BCUT2D eigenvalue weighted by atomic mass is 10.0. The van der Waals surface area contributed by atoms with Crippen LogP contribution < -0.4 is 5.32 Å². The smallest absolute Gasteiger partial charge is 0.123 e. The average Bonchev–Trinajstić information content (AvgIpc) is 2.78. The van der Waals surface area contributed by atoms with E-state index in [9.17, 15) is 4.39 Å². The second-order valence-corrected chi connectivity index (χ2v) is 5.71. The predicted molar refractivity (Wildman–Crippen MR) is 78.1 cm³/mol. The zero-order valence-corrected chi connectivity index (χ0v) is 12.1. The van der Waals surface area contributed by atoms with E-state index in [1.54, 1.807) is 11.3 Å². The molecule has 1 aromatic heterocycles. The summed E-state index contributed by atoms with van der Waals surface area (Å²) >= 11 is 1.68. The SMILES string of the molecule is CCNC(Cc1ccc(F)cc1)Cc1csc(C)n1. The van der Waals surface area contributed by atoms with Crippen molar-refractivity contribution in [2.24, 2.45) is 0 Å². The van der Waals surface area contributed by atoms with Crippen molar-refractivity contribution in [3.05, 3.63) is 51.7 Å². The minimum Gasteiger partial charge on any atom is -0.314 e. The molecule has 0 fully saturated rings. The zero-order valence-electron chi connectivity index (χ0n) is 11.3. The van der Waals surface area contributed by atoms with Gasteiger partial charge in [-0.15, -0.1) is 11.3 Å². The van der Waals surface area contributed by atoms with Crippen LogP contribution in [0.5, 0.6) is 0 Å². The molecule has 0 aliphatic heterocycles. The van der Waals surface area contributed by atoms with Crippen molar-refractivity contribution < 1.29 is 4.39 Å². The van der Waals surface area contributed by atoms with Gasteiger partial charge >= 0.3 is 0 Å². The van der Waals surface area contributed by atoms with Crippen molar-refractivity contribution in [2.45, 2.75) is 32.7 Å². The molecule has 1 heterocycles. The number of nitrogens with zero attached hydrogens (tertiary/aromatic N) is 1. The minimum absolute atomic E-state index is 0.182. The van der Waals surface area contributed by atoms with Crippen LogP contribution in [0.3, 0.4) is 0 Å². The minimum atomic E-state index is -0.182. The monoisotopic (exact) mass is 278 g/mol. The van der Waals surface area contributed by atoms with E-state index in [0.717, 1.165) is 35.7 Å². The molecule has 0 saturated carbocycles. The molecule has 0 saturated heterocycles. The normalized spacial score (nSPS) is 12.6. The lowest BCUT2D eigenvalue weighted by molar-refractivity contribution is 0.516. The molecule has 2 aromatic rings. The fourth-order valence-corrected chi connectivity index (χ4v) is 2.79. The quantitative estimate of drug-likeness (QED) is 0.876. The van der Waals surface area contributed by atoms with Gasteiger partial charge < -0.3 is 5.32 Å². The van der Waals surface area contributed by atoms with Crippen molar-refractivity contribution in [2.75, 3.05) is 6.54 Å². The number of hydrogen-bond donors (Lipinski definition) is 1. The topological polar surface area (TPSA) is 24.9 Å². The first-order chi connectivity index (χ1) is 9.17. The molecular weight excluding hydrogens is 259 g/mol. The Morgan fingerprint density at radius 3 is 2.58 bits per heavy atom. The van der Waals surface area contributed by atoms with E-state index >= 15 is 0 Å². The van der Waals surface area contributed by atoms with Gasteiger partial charge in [-0.05, 0) is 37.6 Å². The van der Waals surface area contributed by atoms with Crippen LogP contribution in [-0.4, -0.2) is 17.6 Å². The van der Waals surface area contributed by atoms with Crippen LogP contribution in [0.1, 0.15) is 23.2 Å². The van der Waals surface area contributed by atoms with Crippen LogP contribution in [0.4, 0.5) is 4.39 Å². The summed E-state index contributed by atoms with van der Waals surface area (Å²) in [6.07, 6.45) is 1.81. The van der Waals surface area contributed by atoms with E-state index in [1.165, 1.54) is 12.1 Å². The van der Waals surface area contributed by atoms with E-state index in [4.69, 9.17) is 0 Å². The van der Waals surface area contributed by atoms with Crippen LogP contribution in [0.2, 0.25) is 0 Å². The molecule has 2 nitrogen and oxygen atoms in total. The third-order valence-corrected chi connectivity index (χ3v) is 3.83. The Labute approximate surface area is 117 Å². The molecule has 1 N–H and O–H groups in total. The molecule has 1 unspecified atom stereocenters. The number of aryl methyl sites for hydroxylation is 1. The maximum Gasteiger partial charge on any atom is 0.123 e. The molecule has 0 amide bonds. The van der Waals surface area contributed by atoms with E-state index in [0.29, 0.717) is 6.04 Å². The first kappa shape index (κ1) is 14.2. The molecule has 0 radical (unpaired) electrons. The molecule has 2 rings (SSSR count). The van der Waals surface area contributed by atoms with E-state index in [1.807, 2.05) is 19.1 Å². The summed E-state index contributed by atoms with van der Waals surface area (Å²) in [5, 5.41) is 6.69. The van der Waals surface area contributed by atoms with E-state index in [-0.39, 0.29) is 5.82 Å². The number of halogens is 1. The zero-order chi connectivity index (χ0) is 13.7. The van der Waals surface area contributed by atoms with Crippen molar-refractivity contribution >= 4 is 11.3 Å². The largest absolute Gasteiger partial charge is 0.314 e. The molecule has 1 atom stereocenters.